The smallest absolute Gasteiger partial charge is 0.306 e. The van der Waals surface area contributed by atoms with Gasteiger partial charge in [0.15, 0.2) is 0 Å². The molecule has 222 valence electrons. The minimum Gasteiger partial charge on any atom is -0.481 e. The lowest BCUT2D eigenvalue weighted by Gasteiger charge is -2.29. The zero-order valence-corrected chi connectivity index (χ0v) is 26.1. The number of hydrogen-bond donors (Lipinski definition) is 1. The van der Waals surface area contributed by atoms with E-state index in [0.29, 0.717) is 25.4 Å². The van der Waals surface area contributed by atoms with Crippen molar-refractivity contribution in [2.45, 2.75) is 109 Å². The van der Waals surface area contributed by atoms with Crippen LogP contribution in [0, 0.1) is 5.92 Å². The maximum atomic E-state index is 11.4. The molecule has 5 nitrogen and oxygen atoms in total. The Morgan fingerprint density at radius 1 is 0.825 bits per heavy atom. The monoisotopic (exact) mass is 607 g/mol. The van der Waals surface area contributed by atoms with Crippen molar-refractivity contribution < 1.29 is 19.4 Å². The average Bonchev–Trinajstić information content (AvgIpc) is 3.64. The Morgan fingerprint density at radius 3 is 1.80 bits per heavy atom. The number of carbonyl (C=O) groups is 1. The highest BCUT2D eigenvalue weighted by atomic mass is 35.5. The topological polar surface area (TPSA) is 59.0 Å². The summed E-state index contributed by atoms with van der Waals surface area (Å²) in [6, 6.07) is 4.50. The summed E-state index contributed by atoms with van der Waals surface area (Å²) in [5.74, 6) is -0.818. The molecule has 2 aliphatic carbocycles. The molecule has 1 saturated heterocycles. The molecule has 0 aromatic carbocycles. The quantitative estimate of drug-likeness (QED) is 0.262. The number of aliphatic carboxylic acids is 1. The number of nitrogens with zero attached hydrogens (tertiary/aromatic N) is 1. The van der Waals surface area contributed by atoms with E-state index in [1.807, 2.05) is 22.7 Å². The Kier molecular flexibility index (Phi) is 13.0. The Morgan fingerprint density at radius 2 is 1.32 bits per heavy atom. The predicted molar refractivity (Wildman–Crippen MR) is 168 cm³/mol. The van der Waals surface area contributed by atoms with E-state index in [0.717, 1.165) is 38.9 Å². The molecule has 1 aliphatic heterocycles. The molecule has 2 saturated carbocycles. The Bertz CT molecular complexity index is 1000. The van der Waals surface area contributed by atoms with Crippen molar-refractivity contribution >= 4 is 46.6 Å². The largest absolute Gasteiger partial charge is 0.481 e. The lowest BCUT2D eigenvalue weighted by molar-refractivity contribution is -0.143. The van der Waals surface area contributed by atoms with Gasteiger partial charge in [0.2, 0.25) is 0 Å². The zero-order valence-electron chi connectivity index (χ0n) is 23.7. The van der Waals surface area contributed by atoms with Crippen LogP contribution in [0.5, 0.6) is 0 Å². The van der Waals surface area contributed by atoms with E-state index in [1.165, 1.54) is 90.7 Å². The van der Waals surface area contributed by atoms with Gasteiger partial charge >= 0.3 is 5.97 Å². The first-order chi connectivity index (χ1) is 19.2. The summed E-state index contributed by atoms with van der Waals surface area (Å²) in [7, 11) is 0. The van der Waals surface area contributed by atoms with Gasteiger partial charge in [-0.25, -0.2) is 0 Å². The third-order valence-electron chi connectivity index (χ3n) is 8.77. The first kappa shape index (κ1) is 31.7. The van der Waals surface area contributed by atoms with Gasteiger partial charge in [0, 0.05) is 21.9 Å². The van der Waals surface area contributed by atoms with Crippen LogP contribution in [0.15, 0.2) is 29.0 Å². The normalized spacial score (nSPS) is 19.8. The van der Waals surface area contributed by atoms with Crippen molar-refractivity contribution in [2.75, 3.05) is 19.6 Å². The van der Waals surface area contributed by atoms with Crippen LogP contribution in [0.2, 0.25) is 0 Å². The minimum atomic E-state index is -0.641. The van der Waals surface area contributed by atoms with Crippen LogP contribution in [0.1, 0.15) is 104 Å². The molecule has 1 N–H and O–H groups in total. The number of thiophene rings is 2. The van der Waals surface area contributed by atoms with Gasteiger partial charge < -0.3 is 19.5 Å². The SMILES string of the molecule is Cl.O=C(O)C1CCN(CCC=C(c2sccc2COC2CCCCC2)c2sccc2COC2CCCCC2)CC1. The first-order valence-electron chi connectivity index (χ1n) is 15.2. The fraction of sp³-hybridized carbons (Fsp3) is 0.656. The highest BCUT2D eigenvalue weighted by Crippen LogP contribution is 2.38. The number of carboxylic acid groups (broad SMARTS) is 1. The number of carboxylic acids is 1. The Labute approximate surface area is 254 Å². The highest BCUT2D eigenvalue weighted by molar-refractivity contribution is 7.14. The second-order valence-corrected chi connectivity index (χ2v) is 13.4. The summed E-state index contributed by atoms with van der Waals surface area (Å²) in [4.78, 5) is 16.4. The second-order valence-electron chi connectivity index (χ2n) is 11.6. The van der Waals surface area contributed by atoms with E-state index in [1.54, 1.807) is 0 Å². The molecule has 2 aromatic heterocycles. The number of ether oxygens (including phenoxy) is 2. The van der Waals surface area contributed by atoms with Crippen LogP contribution < -0.4 is 0 Å². The van der Waals surface area contributed by atoms with Gasteiger partial charge in [-0.1, -0.05) is 44.6 Å². The Balaban J connectivity index is 0.00000370. The molecule has 0 atom stereocenters. The summed E-state index contributed by atoms with van der Waals surface area (Å²) in [6.07, 6.45) is 18.3. The van der Waals surface area contributed by atoms with Gasteiger partial charge in [0.25, 0.3) is 0 Å². The average molecular weight is 608 g/mol. The summed E-state index contributed by atoms with van der Waals surface area (Å²) in [6.45, 7) is 4.08. The number of piperidine rings is 1. The lowest BCUT2D eigenvalue weighted by atomic mass is 9.97. The Hall–Kier alpha value is -1.22. The number of likely N-dealkylation sites (tertiary alicyclic amines) is 1. The number of rotatable bonds is 12. The molecule has 0 bridgehead atoms. The summed E-state index contributed by atoms with van der Waals surface area (Å²) < 4.78 is 12.8. The number of halogens is 1. The van der Waals surface area contributed by atoms with E-state index in [4.69, 9.17) is 9.47 Å². The fourth-order valence-corrected chi connectivity index (χ4v) is 8.32. The highest BCUT2D eigenvalue weighted by Gasteiger charge is 2.24. The first-order valence-corrected chi connectivity index (χ1v) is 17.0. The van der Waals surface area contributed by atoms with Crippen molar-refractivity contribution in [3.8, 4) is 0 Å². The number of hydrogen-bond acceptors (Lipinski definition) is 6. The molecule has 0 radical (unpaired) electrons. The van der Waals surface area contributed by atoms with Gasteiger partial charge in [-0.15, -0.1) is 35.1 Å². The van der Waals surface area contributed by atoms with Gasteiger partial charge in [-0.05, 0) is 92.1 Å². The third-order valence-corrected chi connectivity index (χ3v) is 10.7. The maximum absolute atomic E-state index is 11.4. The van der Waals surface area contributed by atoms with E-state index in [2.05, 4.69) is 33.9 Å². The predicted octanol–water partition coefficient (Wildman–Crippen LogP) is 8.55. The van der Waals surface area contributed by atoms with Crippen LogP contribution >= 0.6 is 35.1 Å². The van der Waals surface area contributed by atoms with Crippen LogP contribution in [0.4, 0.5) is 0 Å². The van der Waals surface area contributed by atoms with Crippen LogP contribution in [0.25, 0.3) is 5.57 Å². The molecular formula is C32H46ClNO4S2. The van der Waals surface area contributed by atoms with E-state index in [-0.39, 0.29) is 18.3 Å². The molecule has 40 heavy (non-hydrogen) atoms. The van der Waals surface area contributed by atoms with E-state index in [9.17, 15) is 9.90 Å². The molecule has 3 aliphatic rings. The fourth-order valence-electron chi connectivity index (χ4n) is 6.33. The standard InChI is InChI=1S/C32H45NO4S2.ClH/c34-32(35)24-13-18-33(19-14-24)17-7-12-29(30-25(15-20-38-30)22-36-27-8-3-1-4-9-27)31-26(16-21-39-31)23-37-28-10-5-2-6-11-28;/h12,15-16,20-21,24,27-28H,1-11,13-14,17-19,22-23H2,(H,34,35);1H. The van der Waals surface area contributed by atoms with Crippen LogP contribution in [0.3, 0.4) is 0 Å². The molecule has 5 rings (SSSR count). The van der Waals surface area contributed by atoms with Crippen molar-refractivity contribution in [2.24, 2.45) is 5.92 Å². The van der Waals surface area contributed by atoms with Crippen molar-refractivity contribution in [3.63, 3.8) is 0 Å². The summed E-state index contributed by atoms with van der Waals surface area (Å²) in [5, 5.41) is 13.8. The molecule has 0 spiro atoms. The molecule has 0 amide bonds. The second kappa shape index (κ2) is 16.4. The van der Waals surface area contributed by atoms with Crippen molar-refractivity contribution in [3.05, 3.63) is 49.9 Å². The molecule has 3 heterocycles. The van der Waals surface area contributed by atoms with Crippen molar-refractivity contribution in [1.82, 2.24) is 4.90 Å². The molecule has 0 unspecified atom stereocenters. The molecular weight excluding hydrogens is 562 g/mol. The van der Waals surface area contributed by atoms with Gasteiger partial charge in [0.1, 0.15) is 0 Å². The van der Waals surface area contributed by atoms with Crippen LogP contribution in [-0.4, -0.2) is 47.8 Å². The molecule has 2 aromatic rings. The molecule has 8 heteroatoms. The van der Waals surface area contributed by atoms with E-state index >= 15 is 0 Å². The van der Waals surface area contributed by atoms with Crippen LogP contribution in [-0.2, 0) is 27.5 Å². The summed E-state index contributed by atoms with van der Waals surface area (Å²) >= 11 is 3.65. The summed E-state index contributed by atoms with van der Waals surface area (Å²) in [5.41, 5.74) is 3.92. The lowest BCUT2D eigenvalue weighted by Crippen LogP contribution is -2.36. The van der Waals surface area contributed by atoms with Gasteiger partial charge in [0.05, 0.1) is 31.3 Å². The van der Waals surface area contributed by atoms with E-state index < -0.39 is 5.97 Å². The van der Waals surface area contributed by atoms with Crippen molar-refractivity contribution in [1.29, 1.82) is 0 Å². The minimum absolute atomic E-state index is 0. The molecule has 3 fully saturated rings. The van der Waals surface area contributed by atoms with Gasteiger partial charge in [-0.3, -0.25) is 4.79 Å². The maximum Gasteiger partial charge on any atom is 0.306 e. The van der Waals surface area contributed by atoms with Gasteiger partial charge in [-0.2, -0.15) is 0 Å². The third kappa shape index (κ3) is 8.89. The zero-order chi connectivity index (χ0) is 26.9.